The minimum absolute atomic E-state index is 0.0748. The number of piperazine rings is 1. The van der Waals surface area contributed by atoms with E-state index in [2.05, 4.69) is 10.6 Å². The molecule has 1 aromatic carbocycles. The van der Waals surface area contributed by atoms with Gasteiger partial charge in [-0.2, -0.15) is 0 Å². The summed E-state index contributed by atoms with van der Waals surface area (Å²) in [5.41, 5.74) is 0.252. The van der Waals surface area contributed by atoms with Gasteiger partial charge in [0.25, 0.3) is 5.91 Å². The molecule has 1 aromatic rings. The second kappa shape index (κ2) is 8.26. The number of carbonyl (C=O) groups is 3. The van der Waals surface area contributed by atoms with E-state index < -0.39 is 23.8 Å². The van der Waals surface area contributed by atoms with E-state index in [4.69, 9.17) is 11.6 Å². The van der Waals surface area contributed by atoms with Crippen LogP contribution in [-0.4, -0.2) is 66.9 Å². The van der Waals surface area contributed by atoms with Gasteiger partial charge in [0.05, 0.1) is 16.6 Å². The molecule has 1 heterocycles. The van der Waals surface area contributed by atoms with Crippen LogP contribution >= 0.6 is 11.6 Å². The lowest BCUT2D eigenvalue weighted by atomic mass is 10.1. The van der Waals surface area contributed by atoms with Crippen molar-refractivity contribution in [1.82, 2.24) is 20.4 Å². The molecule has 1 saturated heterocycles. The molecule has 1 atom stereocenters. The Morgan fingerprint density at radius 3 is 2.40 bits per heavy atom. The lowest BCUT2D eigenvalue weighted by Gasteiger charge is -2.37. The van der Waals surface area contributed by atoms with Crippen LogP contribution in [-0.2, 0) is 4.79 Å². The smallest absolute Gasteiger partial charge is 0.321 e. The van der Waals surface area contributed by atoms with Gasteiger partial charge < -0.3 is 10.2 Å². The van der Waals surface area contributed by atoms with Gasteiger partial charge in [-0.15, -0.1) is 0 Å². The Kier molecular flexibility index (Phi) is 6.33. The molecule has 1 unspecified atom stereocenters. The van der Waals surface area contributed by atoms with E-state index in [1.54, 1.807) is 11.8 Å². The number of rotatable bonds is 3. The summed E-state index contributed by atoms with van der Waals surface area (Å²) in [7, 11) is 1.43. The highest BCUT2D eigenvalue weighted by molar-refractivity contribution is 6.33. The quantitative estimate of drug-likeness (QED) is 0.834. The highest BCUT2D eigenvalue weighted by Crippen LogP contribution is 2.20. The first-order chi connectivity index (χ1) is 11.8. The third kappa shape index (κ3) is 4.67. The predicted octanol–water partition coefficient (Wildman–Crippen LogP) is 1.08. The van der Waals surface area contributed by atoms with Crippen molar-refractivity contribution in [3.8, 4) is 0 Å². The van der Waals surface area contributed by atoms with Crippen LogP contribution in [0, 0.1) is 5.82 Å². The first kappa shape index (κ1) is 19.1. The van der Waals surface area contributed by atoms with Crippen LogP contribution in [0.25, 0.3) is 0 Å². The third-order valence-corrected chi connectivity index (χ3v) is 4.47. The number of nitrogens with one attached hydrogen (secondary N) is 2. The highest BCUT2D eigenvalue weighted by Gasteiger charge is 2.29. The lowest BCUT2D eigenvalue weighted by molar-refractivity contribution is -0.125. The van der Waals surface area contributed by atoms with Gasteiger partial charge in [-0.3, -0.25) is 19.8 Å². The van der Waals surface area contributed by atoms with Crippen LogP contribution in [0.4, 0.5) is 9.18 Å². The standard InChI is InChI=1S/C16H20ClFN4O3/c1-10(14(23)20-16(25)19-2)21-5-7-22(8-6-21)15(24)12-4-3-11(18)9-13(12)17/h3-4,9-10H,5-8H2,1-2H3,(H2,19,20,23,25). The number of benzene rings is 1. The molecule has 25 heavy (non-hydrogen) atoms. The van der Waals surface area contributed by atoms with Crippen LogP contribution < -0.4 is 10.6 Å². The van der Waals surface area contributed by atoms with Crippen LogP contribution in [0.2, 0.25) is 5.02 Å². The van der Waals surface area contributed by atoms with E-state index in [9.17, 15) is 18.8 Å². The van der Waals surface area contributed by atoms with Gasteiger partial charge in [0.1, 0.15) is 5.82 Å². The largest absolute Gasteiger partial charge is 0.341 e. The molecular formula is C16H20ClFN4O3. The van der Waals surface area contributed by atoms with Gasteiger partial charge in [0, 0.05) is 33.2 Å². The summed E-state index contributed by atoms with van der Waals surface area (Å²) in [6.07, 6.45) is 0. The summed E-state index contributed by atoms with van der Waals surface area (Å²) < 4.78 is 13.1. The van der Waals surface area contributed by atoms with E-state index in [0.717, 1.165) is 6.07 Å². The number of halogens is 2. The summed E-state index contributed by atoms with van der Waals surface area (Å²) in [6.45, 7) is 3.47. The second-order valence-electron chi connectivity index (χ2n) is 5.70. The summed E-state index contributed by atoms with van der Waals surface area (Å²) in [5, 5.41) is 4.63. The van der Waals surface area contributed by atoms with Gasteiger partial charge in [0.2, 0.25) is 5.91 Å². The molecule has 0 radical (unpaired) electrons. The number of nitrogens with zero attached hydrogens (tertiary/aromatic N) is 2. The Bertz CT molecular complexity index is 677. The maximum absolute atomic E-state index is 13.1. The number of imide groups is 1. The molecular weight excluding hydrogens is 351 g/mol. The van der Waals surface area contributed by atoms with Gasteiger partial charge >= 0.3 is 6.03 Å². The molecule has 0 saturated carbocycles. The van der Waals surface area contributed by atoms with Crippen LogP contribution in [0.15, 0.2) is 18.2 Å². The zero-order valence-electron chi connectivity index (χ0n) is 14.0. The zero-order valence-corrected chi connectivity index (χ0v) is 14.8. The van der Waals surface area contributed by atoms with Crippen molar-refractivity contribution in [3.63, 3.8) is 0 Å². The molecule has 1 fully saturated rings. The summed E-state index contributed by atoms with van der Waals surface area (Å²) >= 11 is 5.94. The summed E-state index contributed by atoms with van der Waals surface area (Å²) in [5.74, 6) is -1.17. The van der Waals surface area contributed by atoms with Crippen molar-refractivity contribution < 1.29 is 18.8 Å². The van der Waals surface area contributed by atoms with Gasteiger partial charge in [-0.1, -0.05) is 11.6 Å². The second-order valence-corrected chi connectivity index (χ2v) is 6.10. The van der Waals surface area contributed by atoms with Gasteiger partial charge in [-0.05, 0) is 25.1 Å². The van der Waals surface area contributed by atoms with Crippen LogP contribution in [0.3, 0.4) is 0 Å². The Morgan fingerprint density at radius 1 is 1.20 bits per heavy atom. The van der Waals surface area contributed by atoms with Crippen LogP contribution in [0.5, 0.6) is 0 Å². The SMILES string of the molecule is CNC(=O)NC(=O)C(C)N1CCN(C(=O)c2ccc(F)cc2Cl)CC1. The predicted molar refractivity (Wildman–Crippen MR) is 90.9 cm³/mol. The molecule has 2 rings (SSSR count). The van der Waals surface area contributed by atoms with Gasteiger partial charge in [-0.25, -0.2) is 9.18 Å². The first-order valence-corrected chi connectivity index (χ1v) is 8.22. The molecule has 7 nitrogen and oxygen atoms in total. The number of hydrogen-bond donors (Lipinski definition) is 2. The number of hydrogen-bond acceptors (Lipinski definition) is 4. The average molecular weight is 371 g/mol. The molecule has 4 amide bonds. The Hall–Kier alpha value is -2.19. The molecule has 2 N–H and O–H groups in total. The number of amides is 4. The lowest BCUT2D eigenvalue weighted by Crippen LogP contribution is -2.56. The Balaban J connectivity index is 1.93. The number of carbonyl (C=O) groups excluding carboxylic acids is 3. The van der Waals surface area contributed by atoms with Crippen LogP contribution in [0.1, 0.15) is 17.3 Å². The normalized spacial score (nSPS) is 16.2. The van der Waals surface area contributed by atoms with E-state index in [0.29, 0.717) is 26.2 Å². The monoisotopic (exact) mass is 370 g/mol. The summed E-state index contributed by atoms with van der Waals surface area (Å²) in [4.78, 5) is 39.2. The Labute approximate surface area is 150 Å². The van der Waals surface area contributed by atoms with Crippen molar-refractivity contribution in [2.45, 2.75) is 13.0 Å². The van der Waals surface area contributed by atoms with Crippen molar-refractivity contribution >= 4 is 29.4 Å². The fourth-order valence-electron chi connectivity index (χ4n) is 2.59. The molecule has 1 aliphatic heterocycles. The molecule has 0 spiro atoms. The number of urea groups is 1. The molecule has 136 valence electrons. The van der Waals surface area contributed by atoms with E-state index in [1.165, 1.54) is 19.2 Å². The van der Waals surface area contributed by atoms with Crippen molar-refractivity contribution in [2.24, 2.45) is 0 Å². The highest BCUT2D eigenvalue weighted by atomic mass is 35.5. The first-order valence-electron chi connectivity index (χ1n) is 7.84. The molecule has 0 bridgehead atoms. The van der Waals surface area contributed by atoms with E-state index in [-0.39, 0.29) is 16.5 Å². The zero-order chi connectivity index (χ0) is 18.6. The molecule has 0 aromatic heterocycles. The minimum atomic E-state index is -0.559. The maximum Gasteiger partial charge on any atom is 0.321 e. The van der Waals surface area contributed by atoms with E-state index >= 15 is 0 Å². The van der Waals surface area contributed by atoms with Crippen molar-refractivity contribution in [1.29, 1.82) is 0 Å². The topological polar surface area (TPSA) is 81.8 Å². The molecule has 1 aliphatic rings. The molecule has 9 heteroatoms. The third-order valence-electron chi connectivity index (χ3n) is 4.15. The maximum atomic E-state index is 13.1. The fraction of sp³-hybridized carbons (Fsp3) is 0.438. The van der Waals surface area contributed by atoms with Gasteiger partial charge in [0.15, 0.2) is 0 Å². The average Bonchev–Trinajstić information content (AvgIpc) is 2.60. The van der Waals surface area contributed by atoms with Crippen molar-refractivity contribution in [3.05, 3.63) is 34.6 Å². The minimum Gasteiger partial charge on any atom is -0.341 e. The van der Waals surface area contributed by atoms with E-state index in [1.807, 2.05) is 4.90 Å². The Morgan fingerprint density at radius 2 is 1.84 bits per heavy atom. The van der Waals surface area contributed by atoms with Crippen molar-refractivity contribution in [2.75, 3.05) is 33.2 Å². The fourth-order valence-corrected chi connectivity index (χ4v) is 2.84. The summed E-state index contributed by atoms with van der Waals surface area (Å²) in [6, 6.07) is 2.61. The molecule has 0 aliphatic carbocycles.